The second-order valence-electron chi connectivity index (χ2n) is 5.61. The van der Waals surface area contributed by atoms with Gasteiger partial charge < -0.3 is 10.2 Å². The van der Waals surface area contributed by atoms with Gasteiger partial charge >= 0.3 is 0 Å². The van der Waals surface area contributed by atoms with E-state index in [4.69, 9.17) is 0 Å². The first-order valence-electron chi connectivity index (χ1n) is 6.77. The Balaban J connectivity index is 2.27. The Morgan fingerprint density at radius 3 is 2.39 bits per heavy atom. The fourth-order valence-electron chi connectivity index (χ4n) is 3.00. The molecule has 0 amide bonds. The van der Waals surface area contributed by atoms with E-state index in [-0.39, 0.29) is 17.5 Å². The van der Waals surface area contributed by atoms with Gasteiger partial charge in [-0.3, -0.25) is 4.90 Å². The van der Waals surface area contributed by atoms with Gasteiger partial charge in [0.1, 0.15) is 11.5 Å². The molecule has 3 heteroatoms. The molecule has 2 rings (SSSR count). The maximum absolute atomic E-state index is 9.96. The minimum Gasteiger partial charge on any atom is -0.507 e. The van der Waals surface area contributed by atoms with Crippen LogP contribution in [-0.2, 0) is 0 Å². The number of hydrogen-bond donors (Lipinski definition) is 2. The molecule has 2 N–H and O–H groups in total. The smallest absolute Gasteiger partial charge is 0.124 e. The van der Waals surface area contributed by atoms with Gasteiger partial charge in [0.25, 0.3) is 0 Å². The van der Waals surface area contributed by atoms with Crippen LogP contribution in [0.3, 0.4) is 0 Å². The van der Waals surface area contributed by atoms with Crippen molar-refractivity contribution < 1.29 is 10.2 Å². The summed E-state index contributed by atoms with van der Waals surface area (Å²) in [4.78, 5) is 2.38. The van der Waals surface area contributed by atoms with Crippen molar-refractivity contribution in [3.63, 3.8) is 0 Å². The maximum atomic E-state index is 9.96. The topological polar surface area (TPSA) is 43.7 Å². The summed E-state index contributed by atoms with van der Waals surface area (Å²) < 4.78 is 0. The van der Waals surface area contributed by atoms with E-state index in [0.717, 1.165) is 6.54 Å². The first-order chi connectivity index (χ1) is 8.50. The zero-order chi connectivity index (χ0) is 13.3. The summed E-state index contributed by atoms with van der Waals surface area (Å²) in [6, 6.07) is 5.50. The molecule has 1 aromatic carbocycles. The van der Waals surface area contributed by atoms with Crippen LogP contribution >= 0.6 is 0 Å². The molecule has 0 bridgehead atoms. The highest BCUT2D eigenvalue weighted by Gasteiger charge is 2.29. The molecule has 0 aliphatic carbocycles. The number of piperidine rings is 1. The lowest BCUT2D eigenvalue weighted by atomic mass is 9.91. The zero-order valence-electron chi connectivity index (χ0n) is 11.4. The van der Waals surface area contributed by atoms with Crippen LogP contribution in [0.5, 0.6) is 11.5 Å². The van der Waals surface area contributed by atoms with Gasteiger partial charge in [-0.15, -0.1) is 0 Å². The Morgan fingerprint density at radius 1 is 1.17 bits per heavy atom. The van der Waals surface area contributed by atoms with Crippen molar-refractivity contribution >= 4 is 0 Å². The lowest BCUT2D eigenvalue weighted by Gasteiger charge is -2.41. The van der Waals surface area contributed by atoms with Crippen LogP contribution < -0.4 is 0 Å². The molecule has 1 aromatic rings. The largest absolute Gasteiger partial charge is 0.507 e. The van der Waals surface area contributed by atoms with E-state index in [1.165, 1.54) is 12.8 Å². The molecule has 1 aliphatic rings. The number of hydrogen-bond acceptors (Lipinski definition) is 3. The fourth-order valence-corrected chi connectivity index (χ4v) is 3.00. The average Bonchev–Trinajstić information content (AvgIpc) is 2.32. The second kappa shape index (κ2) is 5.19. The maximum Gasteiger partial charge on any atom is 0.124 e. The van der Waals surface area contributed by atoms with Gasteiger partial charge in [0.15, 0.2) is 0 Å². The molecule has 0 radical (unpaired) electrons. The molecule has 1 saturated heterocycles. The molecule has 0 saturated carbocycles. The summed E-state index contributed by atoms with van der Waals surface area (Å²) in [5.74, 6) is 1.05. The van der Waals surface area contributed by atoms with Crippen molar-refractivity contribution in [2.75, 3.05) is 6.54 Å². The third-order valence-corrected chi connectivity index (χ3v) is 4.14. The standard InChI is InChI=1S/C15H23NO2/c1-10-7-8-11(2)16(9-10)12(3)15-13(17)5-4-6-14(15)18/h4-6,10-12,17-18H,7-9H2,1-3H3. The van der Waals surface area contributed by atoms with E-state index < -0.39 is 0 Å². The van der Waals surface area contributed by atoms with Gasteiger partial charge in [-0.1, -0.05) is 13.0 Å². The number of phenolic OH excluding ortho intramolecular Hbond substituents is 2. The summed E-state index contributed by atoms with van der Waals surface area (Å²) in [6.45, 7) is 7.56. The minimum absolute atomic E-state index is 0.0453. The fraction of sp³-hybridized carbons (Fsp3) is 0.600. The number of phenols is 2. The molecule has 18 heavy (non-hydrogen) atoms. The lowest BCUT2D eigenvalue weighted by Crippen LogP contribution is -2.42. The van der Waals surface area contributed by atoms with Gasteiger partial charge in [-0.25, -0.2) is 0 Å². The molecular weight excluding hydrogens is 226 g/mol. The first kappa shape index (κ1) is 13.2. The van der Waals surface area contributed by atoms with Gasteiger partial charge in [0, 0.05) is 18.6 Å². The summed E-state index contributed by atoms with van der Waals surface area (Å²) >= 11 is 0. The van der Waals surface area contributed by atoms with Crippen LogP contribution in [0, 0.1) is 5.92 Å². The van der Waals surface area contributed by atoms with Crippen LogP contribution in [0.2, 0.25) is 0 Å². The molecule has 3 nitrogen and oxygen atoms in total. The molecule has 1 fully saturated rings. The highest BCUT2D eigenvalue weighted by atomic mass is 16.3. The van der Waals surface area contributed by atoms with Crippen LogP contribution in [0.25, 0.3) is 0 Å². The van der Waals surface area contributed by atoms with Gasteiger partial charge in [-0.2, -0.15) is 0 Å². The quantitative estimate of drug-likeness (QED) is 0.845. The second-order valence-corrected chi connectivity index (χ2v) is 5.61. The van der Waals surface area contributed by atoms with E-state index >= 15 is 0 Å². The Kier molecular flexibility index (Phi) is 3.81. The predicted molar refractivity (Wildman–Crippen MR) is 72.8 cm³/mol. The molecule has 100 valence electrons. The molecule has 0 aromatic heterocycles. The highest BCUT2D eigenvalue weighted by Crippen LogP contribution is 2.38. The normalized spacial score (nSPS) is 27.1. The van der Waals surface area contributed by atoms with E-state index in [9.17, 15) is 10.2 Å². The number of benzene rings is 1. The molecule has 0 spiro atoms. The number of aromatic hydroxyl groups is 2. The number of likely N-dealkylation sites (tertiary alicyclic amines) is 1. The summed E-state index contributed by atoms with van der Waals surface area (Å²) in [7, 11) is 0. The highest BCUT2D eigenvalue weighted by molar-refractivity contribution is 5.45. The van der Waals surface area contributed by atoms with Crippen molar-refractivity contribution in [1.29, 1.82) is 0 Å². The van der Waals surface area contributed by atoms with Crippen molar-refractivity contribution in [2.45, 2.75) is 45.7 Å². The van der Waals surface area contributed by atoms with Crippen molar-refractivity contribution in [2.24, 2.45) is 5.92 Å². The van der Waals surface area contributed by atoms with Crippen LogP contribution in [-0.4, -0.2) is 27.7 Å². The Hall–Kier alpha value is -1.22. The molecule has 1 aliphatic heterocycles. The SMILES string of the molecule is CC1CCC(C)N(C(C)c2c(O)cccc2O)C1. The average molecular weight is 249 g/mol. The third kappa shape index (κ3) is 2.46. The van der Waals surface area contributed by atoms with E-state index in [2.05, 4.69) is 25.7 Å². The Bertz CT molecular complexity index is 399. The Morgan fingerprint density at radius 2 is 1.78 bits per heavy atom. The molecule has 1 heterocycles. The first-order valence-corrected chi connectivity index (χ1v) is 6.77. The summed E-state index contributed by atoms with van der Waals surface area (Å²) in [5, 5.41) is 19.9. The molecule has 3 unspecified atom stereocenters. The zero-order valence-corrected chi connectivity index (χ0v) is 11.4. The van der Waals surface area contributed by atoms with E-state index in [1.54, 1.807) is 18.2 Å². The number of nitrogens with zero attached hydrogens (tertiary/aromatic N) is 1. The van der Waals surface area contributed by atoms with Crippen LogP contribution in [0.15, 0.2) is 18.2 Å². The van der Waals surface area contributed by atoms with E-state index in [1.807, 2.05) is 0 Å². The summed E-state index contributed by atoms with van der Waals surface area (Å²) in [5.41, 5.74) is 0.651. The van der Waals surface area contributed by atoms with Crippen molar-refractivity contribution in [3.05, 3.63) is 23.8 Å². The third-order valence-electron chi connectivity index (χ3n) is 4.14. The number of rotatable bonds is 2. The van der Waals surface area contributed by atoms with Crippen LogP contribution in [0.1, 0.15) is 45.2 Å². The lowest BCUT2D eigenvalue weighted by molar-refractivity contribution is 0.0821. The molecule has 3 atom stereocenters. The van der Waals surface area contributed by atoms with Gasteiger partial charge in [0.2, 0.25) is 0 Å². The van der Waals surface area contributed by atoms with E-state index in [0.29, 0.717) is 17.5 Å². The predicted octanol–water partition coefficient (Wildman–Crippen LogP) is 3.28. The van der Waals surface area contributed by atoms with Gasteiger partial charge in [-0.05, 0) is 44.7 Å². The van der Waals surface area contributed by atoms with Gasteiger partial charge in [0.05, 0.1) is 5.56 Å². The summed E-state index contributed by atoms with van der Waals surface area (Å²) in [6.07, 6.45) is 2.44. The van der Waals surface area contributed by atoms with Crippen molar-refractivity contribution in [3.8, 4) is 11.5 Å². The minimum atomic E-state index is 0.0453. The monoisotopic (exact) mass is 249 g/mol. The van der Waals surface area contributed by atoms with Crippen molar-refractivity contribution in [1.82, 2.24) is 4.90 Å². The van der Waals surface area contributed by atoms with Crippen LogP contribution in [0.4, 0.5) is 0 Å². The molecular formula is C15H23NO2. The Labute approximate surface area is 109 Å².